The lowest BCUT2D eigenvalue weighted by molar-refractivity contribution is -0.127. The normalized spacial score (nSPS) is 11.1. The van der Waals surface area contributed by atoms with E-state index in [1.165, 1.54) is 4.90 Å². The number of hydrogen-bond acceptors (Lipinski definition) is 4. The van der Waals surface area contributed by atoms with Crippen LogP contribution in [0.5, 0.6) is 0 Å². The van der Waals surface area contributed by atoms with Crippen molar-refractivity contribution < 1.29 is 13.2 Å². The summed E-state index contributed by atoms with van der Waals surface area (Å²) < 4.78 is 25.9. The molecule has 0 saturated carbocycles. The first kappa shape index (κ1) is 16.5. The Morgan fingerprint density at radius 2 is 1.85 bits per heavy atom. The molecule has 0 spiro atoms. The molecule has 1 amide bonds. The molecular formula is C12H17N3O3S2. The van der Waals surface area contributed by atoms with E-state index in [0.29, 0.717) is 11.1 Å². The standard InChI is InChI=1S/C12H17N3O3S2/c1-15(2)11(16)7-14-20(17,18)8-9-3-5-10(6-4-9)12(13)19/h3-6,14H,7-8H2,1-2H3,(H2,13,19). The summed E-state index contributed by atoms with van der Waals surface area (Å²) in [6.45, 7) is -0.250. The first-order valence-corrected chi connectivity index (χ1v) is 7.83. The molecule has 0 bridgehead atoms. The number of nitrogens with two attached hydrogens (primary N) is 1. The van der Waals surface area contributed by atoms with Gasteiger partial charge in [-0.3, -0.25) is 4.79 Å². The highest BCUT2D eigenvalue weighted by atomic mass is 32.2. The Balaban J connectivity index is 2.66. The predicted molar refractivity (Wildman–Crippen MR) is 81.6 cm³/mol. The van der Waals surface area contributed by atoms with Crippen molar-refractivity contribution in [2.45, 2.75) is 5.75 Å². The second kappa shape index (κ2) is 6.78. The lowest BCUT2D eigenvalue weighted by Crippen LogP contribution is -2.36. The fraction of sp³-hybridized carbons (Fsp3) is 0.333. The van der Waals surface area contributed by atoms with Crippen LogP contribution >= 0.6 is 12.2 Å². The van der Waals surface area contributed by atoms with Crippen LogP contribution in [0.1, 0.15) is 11.1 Å². The van der Waals surface area contributed by atoms with Gasteiger partial charge >= 0.3 is 0 Å². The van der Waals surface area contributed by atoms with Gasteiger partial charge in [-0.15, -0.1) is 0 Å². The molecule has 20 heavy (non-hydrogen) atoms. The maximum atomic E-state index is 11.8. The maximum Gasteiger partial charge on any atom is 0.237 e. The van der Waals surface area contributed by atoms with Crippen LogP contribution in [0.15, 0.2) is 24.3 Å². The fourth-order valence-electron chi connectivity index (χ4n) is 1.37. The van der Waals surface area contributed by atoms with E-state index in [0.717, 1.165) is 0 Å². The third-order valence-electron chi connectivity index (χ3n) is 2.54. The van der Waals surface area contributed by atoms with Crippen molar-refractivity contribution >= 4 is 33.1 Å². The molecule has 3 N–H and O–H groups in total. The third kappa shape index (κ3) is 5.24. The molecule has 0 fully saturated rings. The Hall–Kier alpha value is -1.51. The van der Waals surface area contributed by atoms with Gasteiger partial charge in [0.15, 0.2) is 0 Å². The number of nitrogens with zero attached hydrogens (tertiary/aromatic N) is 1. The summed E-state index contributed by atoms with van der Waals surface area (Å²) in [5, 5.41) is 0. The molecule has 1 aromatic rings. The number of carbonyl (C=O) groups excluding carboxylic acids is 1. The number of sulfonamides is 1. The minimum absolute atomic E-state index is 0.203. The summed E-state index contributed by atoms with van der Waals surface area (Å²) in [6, 6.07) is 6.61. The van der Waals surface area contributed by atoms with E-state index in [1.54, 1.807) is 38.4 Å². The molecule has 0 heterocycles. The number of hydrogen-bond donors (Lipinski definition) is 2. The van der Waals surface area contributed by atoms with Gasteiger partial charge in [0.1, 0.15) is 4.99 Å². The quantitative estimate of drug-likeness (QED) is 0.711. The number of rotatable bonds is 6. The first-order valence-electron chi connectivity index (χ1n) is 5.77. The Kier molecular flexibility index (Phi) is 5.61. The minimum atomic E-state index is -3.56. The Bertz CT molecular complexity index is 595. The fourth-order valence-corrected chi connectivity index (χ4v) is 2.58. The van der Waals surface area contributed by atoms with Gasteiger partial charge in [0.2, 0.25) is 15.9 Å². The van der Waals surface area contributed by atoms with Gasteiger partial charge in [0.25, 0.3) is 0 Å². The molecular weight excluding hydrogens is 298 g/mol. The maximum absolute atomic E-state index is 11.8. The van der Waals surface area contributed by atoms with E-state index in [4.69, 9.17) is 18.0 Å². The summed E-state index contributed by atoms with van der Waals surface area (Å²) in [4.78, 5) is 12.9. The van der Waals surface area contributed by atoms with Gasteiger partial charge in [-0.05, 0) is 5.56 Å². The smallest absolute Gasteiger partial charge is 0.237 e. The van der Waals surface area contributed by atoms with Crippen LogP contribution < -0.4 is 10.5 Å². The van der Waals surface area contributed by atoms with E-state index < -0.39 is 10.0 Å². The number of amides is 1. The molecule has 1 rings (SSSR count). The van der Waals surface area contributed by atoms with Gasteiger partial charge in [0.05, 0.1) is 12.3 Å². The largest absolute Gasteiger partial charge is 0.389 e. The molecule has 0 aromatic heterocycles. The van der Waals surface area contributed by atoms with Gasteiger partial charge in [-0.1, -0.05) is 36.5 Å². The molecule has 0 aliphatic heterocycles. The molecule has 6 nitrogen and oxygen atoms in total. The van der Waals surface area contributed by atoms with Crippen molar-refractivity contribution in [3.05, 3.63) is 35.4 Å². The molecule has 110 valence electrons. The molecule has 0 aliphatic rings. The van der Waals surface area contributed by atoms with E-state index in [2.05, 4.69) is 4.72 Å². The van der Waals surface area contributed by atoms with Gasteiger partial charge in [0, 0.05) is 19.7 Å². The van der Waals surface area contributed by atoms with Gasteiger partial charge < -0.3 is 10.6 Å². The van der Waals surface area contributed by atoms with Crippen LogP contribution in [0, 0.1) is 0 Å². The summed E-state index contributed by atoms with van der Waals surface area (Å²) in [6.07, 6.45) is 0. The molecule has 0 unspecified atom stereocenters. The van der Waals surface area contributed by atoms with Crippen LogP contribution in [0.25, 0.3) is 0 Å². The number of benzene rings is 1. The zero-order valence-electron chi connectivity index (χ0n) is 11.3. The van der Waals surface area contributed by atoms with Crippen molar-refractivity contribution in [2.75, 3.05) is 20.6 Å². The number of likely N-dealkylation sites (N-methyl/N-ethyl adjacent to an activating group) is 1. The van der Waals surface area contributed by atoms with Crippen LogP contribution in [-0.4, -0.2) is 44.9 Å². The molecule has 1 aromatic carbocycles. The first-order chi connectivity index (χ1) is 9.21. The van der Waals surface area contributed by atoms with E-state index in [9.17, 15) is 13.2 Å². The number of carbonyl (C=O) groups is 1. The van der Waals surface area contributed by atoms with Crippen LogP contribution in [0.3, 0.4) is 0 Å². The Labute approximate surface area is 124 Å². The Morgan fingerprint density at radius 3 is 2.30 bits per heavy atom. The summed E-state index contributed by atoms with van der Waals surface area (Å²) in [7, 11) is -0.437. The number of nitrogens with one attached hydrogen (secondary N) is 1. The van der Waals surface area contributed by atoms with Crippen LogP contribution in [-0.2, 0) is 20.6 Å². The molecule has 0 saturated heterocycles. The van der Waals surface area contributed by atoms with E-state index in [1.807, 2.05) is 0 Å². The third-order valence-corrected chi connectivity index (χ3v) is 4.07. The summed E-state index contributed by atoms with van der Waals surface area (Å²) in [5.74, 6) is -0.511. The van der Waals surface area contributed by atoms with Gasteiger partial charge in [-0.2, -0.15) is 0 Å². The average Bonchev–Trinajstić information content (AvgIpc) is 2.36. The highest BCUT2D eigenvalue weighted by molar-refractivity contribution is 7.88. The van der Waals surface area contributed by atoms with Crippen molar-refractivity contribution in [3.8, 4) is 0 Å². The highest BCUT2D eigenvalue weighted by Gasteiger charge is 2.14. The second-order valence-corrected chi connectivity index (χ2v) is 6.68. The molecule has 0 radical (unpaired) electrons. The monoisotopic (exact) mass is 315 g/mol. The molecule has 8 heteroatoms. The summed E-state index contributed by atoms with van der Waals surface area (Å²) >= 11 is 4.81. The van der Waals surface area contributed by atoms with Crippen molar-refractivity contribution in [1.29, 1.82) is 0 Å². The minimum Gasteiger partial charge on any atom is -0.389 e. The Morgan fingerprint density at radius 1 is 1.30 bits per heavy atom. The lowest BCUT2D eigenvalue weighted by Gasteiger charge is -2.11. The zero-order chi connectivity index (χ0) is 15.3. The summed E-state index contributed by atoms with van der Waals surface area (Å²) in [5.41, 5.74) is 6.73. The molecule has 0 atom stereocenters. The van der Waals surface area contributed by atoms with E-state index >= 15 is 0 Å². The average molecular weight is 315 g/mol. The van der Waals surface area contributed by atoms with Crippen molar-refractivity contribution in [2.24, 2.45) is 5.73 Å². The van der Waals surface area contributed by atoms with Gasteiger partial charge in [-0.25, -0.2) is 13.1 Å². The lowest BCUT2D eigenvalue weighted by atomic mass is 10.1. The highest BCUT2D eigenvalue weighted by Crippen LogP contribution is 2.07. The predicted octanol–water partition coefficient (Wildman–Crippen LogP) is -0.172. The van der Waals surface area contributed by atoms with Crippen LogP contribution in [0.4, 0.5) is 0 Å². The van der Waals surface area contributed by atoms with Crippen LogP contribution in [0.2, 0.25) is 0 Å². The number of thiocarbonyl (C=S) groups is 1. The van der Waals surface area contributed by atoms with Crippen molar-refractivity contribution in [3.63, 3.8) is 0 Å². The zero-order valence-corrected chi connectivity index (χ0v) is 12.9. The SMILES string of the molecule is CN(C)C(=O)CNS(=O)(=O)Cc1ccc(C(N)=S)cc1. The topological polar surface area (TPSA) is 92.5 Å². The second-order valence-electron chi connectivity index (χ2n) is 4.43. The van der Waals surface area contributed by atoms with E-state index in [-0.39, 0.29) is 23.2 Å². The van der Waals surface area contributed by atoms with Crippen molar-refractivity contribution in [1.82, 2.24) is 9.62 Å². The molecule has 0 aliphatic carbocycles.